The van der Waals surface area contributed by atoms with Crippen molar-refractivity contribution in [3.63, 3.8) is 0 Å². The van der Waals surface area contributed by atoms with Gasteiger partial charge in [-0.2, -0.15) is 0 Å². The smallest absolute Gasteiger partial charge is 0.271 e. The maximum atomic E-state index is 12.5. The highest BCUT2D eigenvalue weighted by atomic mass is 16.5. The van der Waals surface area contributed by atoms with E-state index < -0.39 is 0 Å². The van der Waals surface area contributed by atoms with Crippen LogP contribution in [0, 0.1) is 5.92 Å². The summed E-state index contributed by atoms with van der Waals surface area (Å²) in [4.78, 5) is 23.4. The first-order valence-corrected chi connectivity index (χ1v) is 8.56. The molecule has 2 fully saturated rings. The summed E-state index contributed by atoms with van der Waals surface area (Å²) in [5.41, 5.74) is 0.412. The molecule has 0 saturated carbocycles. The molecule has 4 rings (SSSR count). The standard InChI is InChI=1S/C17H23N5O2/c1-11(2)15-9-22-7-12(6-13(22)10-24-15)19-16(23)14-8-21-5-3-4-18-17(21)20-14/h3-5,8,11-13,15H,6-7,9-10H2,1-2H3,(H,19,23)/t12-,13-,15+/m0/s1. The monoisotopic (exact) mass is 329 g/mol. The van der Waals surface area contributed by atoms with E-state index in [-0.39, 0.29) is 11.9 Å². The summed E-state index contributed by atoms with van der Waals surface area (Å²) >= 11 is 0. The van der Waals surface area contributed by atoms with Crippen LogP contribution in [0.25, 0.3) is 5.78 Å². The minimum Gasteiger partial charge on any atom is -0.375 e. The number of nitrogens with zero attached hydrogens (tertiary/aromatic N) is 4. The minimum atomic E-state index is -0.133. The molecular weight excluding hydrogens is 306 g/mol. The van der Waals surface area contributed by atoms with Crippen LogP contribution in [0.3, 0.4) is 0 Å². The van der Waals surface area contributed by atoms with Crippen molar-refractivity contribution in [3.8, 4) is 0 Å². The molecule has 128 valence electrons. The summed E-state index contributed by atoms with van der Waals surface area (Å²) in [5.74, 6) is 0.927. The number of carbonyl (C=O) groups excluding carboxylic acids is 1. The Kier molecular flexibility index (Phi) is 3.97. The lowest BCUT2D eigenvalue weighted by atomic mass is 10.0. The third-order valence-corrected chi connectivity index (χ3v) is 4.99. The van der Waals surface area contributed by atoms with Crippen molar-refractivity contribution < 1.29 is 9.53 Å². The number of nitrogens with one attached hydrogen (secondary N) is 1. The number of ether oxygens (including phenoxy) is 1. The van der Waals surface area contributed by atoms with Crippen molar-refractivity contribution >= 4 is 11.7 Å². The first-order chi connectivity index (χ1) is 11.6. The number of hydrogen-bond donors (Lipinski definition) is 1. The van der Waals surface area contributed by atoms with E-state index in [4.69, 9.17) is 4.74 Å². The highest BCUT2D eigenvalue weighted by Gasteiger charge is 2.38. The van der Waals surface area contributed by atoms with Gasteiger partial charge in [-0.15, -0.1) is 0 Å². The average molecular weight is 329 g/mol. The number of rotatable bonds is 3. The molecule has 0 aliphatic carbocycles. The fourth-order valence-electron chi connectivity index (χ4n) is 3.61. The molecule has 2 saturated heterocycles. The van der Waals surface area contributed by atoms with E-state index in [9.17, 15) is 4.79 Å². The van der Waals surface area contributed by atoms with Crippen molar-refractivity contribution in [2.45, 2.75) is 38.5 Å². The predicted octanol–water partition coefficient (Wildman–Crippen LogP) is 0.957. The second-order valence-corrected chi connectivity index (χ2v) is 7.08. The van der Waals surface area contributed by atoms with Gasteiger partial charge in [-0.25, -0.2) is 9.97 Å². The third kappa shape index (κ3) is 2.89. The number of carbonyl (C=O) groups is 1. The SMILES string of the molecule is CC(C)[C@H]1CN2C[C@@H](NC(=O)c3cn4cccnc4n3)C[C@H]2CO1. The minimum absolute atomic E-state index is 0.133. The van der Waals surface area contributed by atoms with Crippen molar-refractivity contribution in [1.29, 1.82) is 0 Å². The number of morpholine rings is 1. The Hall–Kier alpha value is -1.99. The first kappa shape index (κ1) is 15.5. The van der Waals surface area contributed by atoms with Gasteiger partial charge in [0.15, 0.2) is 0 Å². The fraction of sp³-hybridized carbons (Fsp3) is 0.588. The Balaban J connectivity index is 1.40. The molecule has 0 bridgehead atoms. The van der Waals surface area contributed by atoms with Crippen LogP contribution in [0.4, 0.5) is 0 Å². The lowest BCUT2D eigenvalue weighted by Crippen LogP contribution is -2.48. The predicted molar refractivity (Wildman–Crippen MR) is 88.8 cm³/mol. The molecule has 0 unspecified atom stereocenters. The molecule has 1 N–H and O–H groups in total. The summed E-state index contributed by atoms with van der Waals surface area (Å²) < 4.78 is 7.71. The van der Waals surface area contributed by atoms with Gasteiger partial charge in [0, 0.05) is 43.8 Å². The zero-order chi connectivity index (χ0) is 16.7. The van der Waals surface area contributed by atoms with Crippen LogP contribution in [-0.2, 0) is 4.74 Å². The van der Waals surface area contributed by atoms with E-state index in [1.807, 2.05) is 12.3 Å². The van der Waals surface area contributed by atoms with Crippen LogP contribution in [0.5, 0.6) is 0 Å². The van der Waals surface area contributed by atoms with Crippen LogP contribution in [-0.4, -0.2) is 63.1 Å². The van der Waals surface area contributed by atoms with Crippen LogP contribution < -0.4 is 5.32 Å². The van der Waals surface area contributed by atoms with Gasteiger partial charge in [-0.1, -0.05) is 13.8 Å². The maximum Gasteiger partial charge on any atom is 0.271 e. The van der Waals surface area contributed by atoms with Crippen LogP contribution >= 0.6 is 0 Å². The number of fused-ring (bicyclic) bond motifs is 2. The van der Waals surface area contributed by atoms with E-state index >= 15 is 0 Å². The van der Waals surface area contributed by atoms with Crippen LogP contribution in [0.1, 0.15) is 30.8 Å². The molecule has 1 amide bonds. The van der Waals surface area contributed by atoms with Gasteiger partial charge in [0.2, 0.25) is 5.78 Å². The zero-order valence-electron chi connectivity index (χ0n) is 14.1. The molecule has 2 aromatic heterocycles. The largest absolute Gasteiger partial charge is 0.375 e. The number of imidazole rings is 1. The Morgan fingerprint density at radius 3 is 3.08 bits per heavy atom. The van der Waals surface area contributed by atoms with Gasteiger partial charge < -0.3 is 10.1 Å². The number of aromatic nitrogens is 3. The molecule has 2 aromatic rings. The molecular formula is C17H23N5O2. The normalized spacial score (nSPS) is 27.5. The van der Waals surface area contributed by atoms with Gasteiger partial charge >= 0.3 is 0 Å². The van der Waals surface area contributed by atoms with Gasteiger partial charge in [0.1, 0.15) is 5.69 Å². The summed E-state index contributed by atoms with van der Waals surface area (Å²) in [6.07, 6.45) is 6.45. The second kappa shape index (κ2) is 6.14. The van der Waals surface area contributed by atoms with Crippen molar-refractivity contribution in [1.82, 2.24) is 24.6 Å². The van der Waals surface area contributed by atoms with E-state index in [2.05, 4.69) is 34.0 Å². The van der Waals surface area contributed by atoms with Crippen molar-refractivity contribution in [3.05, 3.63) is 30.4 Å². The topological polar surface area (TPSA) is 71.8 Å². The fourth-order valence-corrected chi connectivity index (χ4v) is 3.61. The third-order valence-electron chi connectivity index (χ3n) is 4.99. The number of hydrogen-bond acceptors (Lipinski definition) is 5. The van der Waals surface area contributed by atoms with Crippen LogP contribution in [0.15, 0.2) is 24.7 Å². The van der Waals surface area contributed by atoms with Gasteiger partial charge in [0.05, 0.1) is 12.7 Å². The summed E-state index contributed by atoms with van der Waals surface area (Å²) in [6, 6.07) is 2.37. The Morgan fingerprint density at radius 1 is 1.42 bits per heavy atom. The zero-order valence-corrected chi connectivity index (χ0v) is 14.1. The quantitative estimate of drug-likeness (QED) is 0.908. The molecule has 2 aliphatic rings. The number of amides is 1. The molecule has 7 heteroatoms. The van der Waals surface area contributed by atoms with Crippen molar-refractivity contribution in [2.75, 3.05) is 19.7 Å². The molecule has 4 heterocycles. The molecule has 3 atom stereocenters. The Labute approximate surface area is 141 Å². The van der Waals surface area contributed by atoms with E-state index in [0.29, 0.717) is 29.5 Å². The van der Waals surface area contributed by atoms with Gasteiger partial charge in [-0.05, 0) is 18.4 Å². The second-order valence-electron chi connectivity index (χ2n) is 7.08. The van der Waals surface area contributed by atoms with Crippen LogP contribution in [0.2, 0.25) is 0 Å². The molecule has 2 aliphatic heterocycles. The molecule has 0 aromatic carbocycles. The lowest BCUT2D eigenvalue weighted by molar-refractivity contribution is -0.0683. The first-order valence-electron chi connectivity index (χ1n) is 8.56. The van der Waals surface area contributed by atoms with Crippen molar-refractivity contribution in [2.24, 2.45) is 5.92 Å². The lowest BCUT2D eigenvalue weighted by Gasteiger charge is -2.36. The highest BCUT2D eigenvalue weighted by Crippen LogP contribution is 2.25. The summed E-state index contributed by atoms with van der Waals surface area (Å²) in [5, 5.41) is 3.12. The van der Waals surface area contributed by atoms with Gasteiger partial charge in [-0.3, -0.25) is 14.1 Å². The highest BCUT2D eigenvalue weighted by molar-refractivity contribution is 5.92. The molecule has 24 heavy (non-hydrogen) atoms. The van der Waals surface area contributed by atoms with E-state index in [1.165, 1.54) is 0 Å². The summed E-state index contributed by atoms with van der Waals surface area (Å²) in [6.45, 7) is 6.98. The Bertz CT molecular complexity index is 710. The van der Waals surface area contributed by atoms with Gasteiger partial charge in [0.25, 0.3) is 5.91 Å². The molecule has 0 radical (unpaired) electrons. The average Bonchev–Trinajstić information content (AvgIpc) is 3.17. The summed E-state index contributed by atoms with van der Waals surface area (Å²) in [7, 11) is 0. The Morgan fingerprint density at radius 2 is 2.29 bits per heavy atom. The van der Waals surface area contributed by atoms with E-state index in [0.717, 1.165) is 26.1 Å². The molecule has 7 nitrogen and oxygen atoms in total. The molecule has 0 spiro atoms. The maximum absolute atomic E-state index is 12.5. The van der Waals surface area contributed by atoms with E-state index in [1.54, 1.807) is 16.8 Å².